The van der Waals surface area contributed by atoms with E-state index in [-0.39, 0.29) is 18.1 Å². The summed E-state index contributed by atoms with van der Waals surface area (Å²) in [5.41, 5.74) is 10.7. The molecule has 0 aromatic heterocycles. The van der Waals surface area contributed by atoms with E-state index in [2.05, 4.69) is 0 Å². The lowest BCUT2D eigenvalue weighted by Crippen LogP contribution is -2.39. The lowest BCUT2D eigenvalue weighted by molar-refractivity contribution is 0.205. The van der Waals surface area contributed by atoms with Crippen LogP contribution < -0.4 is 11.5 Å². The summed E-state index contributed by atoms with van der Waals surface area (Å²) in [5, 5.41) is 0. The third-order valence-electron chi connectivity index (χ3n) is 1.89. The average Bonchev–Trinajstić information content (AvgIpc) is 2.10. The Labute approximate surface area is 60.2 Å². The molecule has 0 saturated carbocycles. The molecule has 1 fully saturated rings. The molecule has 0 radical (unpaired) electrons. The summed E-state index contributed by atoms with van der Waals surface area (Å²) >= 11 is 0. The van der Waals surface area contributed by atoms with Gasteiger partial charge in [-0.2, -0.15) is 0 Å². The highest BCUT2D eigenvalue weighted by Gasteiger charge is 2.28. The van der Waals surface area contributed by atoms with Gasteiger partial charge < -0.3 is 16.4 Å². The van der Waals surface area contributed by atoms with Crippen LogP contribution >= 0.6 is 0 Å². The van der Waals surface area contributed by atoms with Crippen LogP contribution in [-0.2, 0) is 0 Å². The first kappa shape index (κ1) is 7.34. The summed E-state index contributed by atoms with van der Waals surface area (Å²) in [6, 6.07) is -0.0320. The van der Waals surface area contributed by atoms with Crippen molar-refractivity contribution in [1.29, 1.82) is 0 Å². The van der Waals surface area contributed by atoms with Gasteiger partial charge >= 0.3 is 6.03 Å². The van der Waals surface area contributed by atoms with Crippen molar-refractivity contribution in [2.24, 2.45) is 11.5 Å². The highest BCUT2D eigenvalue weighted by atomic mass is 16.2. The Kier molecular flexibility index (Phi) is 1.80. The first-order valence-corrected chi connectivity index (χ1v) is 3.43. The maximum atomic E-state index is 10.7. The largest absolute Gasteiger partial charge is 0.351 e. The number of nitrogens with two attached hydrogens (primary N) is 2. The van der Waals surface area contributed by atoms with Crippen molar-refractivity contribution in [3.8, 4) is 0 Å². The lowest BCUT2D eigenvalue weighted by Gasteiger charge is -2.17. The number of hydrogen-bond donors (Lipinski definition) is 2. The van der Waals surface area contributed by atoms with E-state index in [1.165, 1.54) is 0 Å². The first-order chi connectivity index (χ1) is 4.61. The van der Waals surface area contributed by atoms with Gasteiger partial charge in [-0.05, 0) is 13.3 Å². The van der Waals surface area contributed by atoms with E-state index in [1.807, 2.05) is 6.92 Å². The molecule has 2 unspecified atom stereocenters. The topological polar surface area (TPSA) is 72.3 Å². The van der Waals surface area contributed by atoms with E-state index in [0.717, 1.165) is 6.42 Å². The maximum absolute atomic E-state index is 10.7. The fourth-order valence-corrected chi connectivity index (χ4v) is 1.38. The Balaban J connectivity index is 2.54. The fraction of sp³-hybridized carbons (Fsp3) is 0.833. The molecule has 2 atom stereocenters. The lowest BCUT2D eigenvalue weighted by atomic mass is 10.2. The summed E-state index contributed by atoms with van der Waals surface area (Å²) < 4.78 is 0. The minimum absolute atomic E-state index is 0.113. The van der Waals surface area contributed by atoms with Gasteiger partial charge in [0.2, 0.25) is 0 Å². The molecule has 1 rings (SSSR count). The molecule has 1 aliphatic rings. The Bertz CT molecular complexity index is 148. The second-order valence-corrected chi connectivity index (χ2v) is 2.84. The Hall–Kier alpha value is -0.770. The van der Waals surface area contributed by atoms with E-state index < -0.39 is 0 Å². The highest BCUT2D eigenvalue weighted by molar-refractivity contribution is 5.72. The molecule has 0 aromatic carbocycles. The van der Waals surface area contributed by atoms with Gasteiger partial charge in [-0.3, -0.25) is 0 Å². The Morgan fingerprint density at radius 1 is 1.70 bits per heavy atom. The van der Waals surface area contributed by atoms with Gasteiger partial charge in [-0.25, -0.2) is 4.79 Å². The molecule has 4 N–H and O–H groups in total. The number of rotatable bonds is 0. The molecule has 58 valence electrons. The molecular formula is C6H13N3O. The maximum Gasteiger partial charge on any atom is 0.315 e. The van der Waals surface area contributed by atoms with Crippen LogP contribution in [0.3, 0.4) is 0 Å². The second-order valence-electron chi connectivity index (χ2n) is 2.84. The van der Waals surface area contributed by atoms with Crippen LogP contribution in [-0.4, -0.2) is 29.6 Å². The Morgan fingerprint density at radius 2 is 2.30 bits per heavy atom. The van der Waals surface area contributed by atoms with Crippen LogP contribution in [0.5, 0.6) is 0 Å². The van der Waals surface area contributed by atoms with Gasteiger partial charge in [0.25, 0.3) is 0 Å². The standard InChI is InChI=1S/C6H13N3O/c1-4-2-5(7)3-9(4)6(8)10/h4-5H,2-3,7H2,1H3,(H2,8,10). The molecule has 1 aliphatic heterocycles. The average molecular weight is 143 g/mol. The van der Waals surface area contributed by atoms with Crippen LogP contribution in [0.15, 0.2) is 0 Å². The van der Waals surface area contributed by atoms with Crippen molar-refractivity contribution in [2.45, 2.75) is 25.4 Å². The van der Waals surface area contributed by atoms with E-state index >= 15 is 0 Å². The number of amides is 2. The molecule has 0 bridgehead atoms. The molecule has 10 heavy (non-hydrogen) atoms. The van der Waals surface area contributed by atoms with Crippen LogP contribution in [0.2, 0.25) is 0 Å². The molecule has 4 nitrogen and oxygen atoms in total. The van der Waals surface area contributed by atoms with Crippen molar-refractivity contribution in [3.63, 3.8) is 0 Å². The van der Waals surface area contributed by atoms with Crippen molar-refractivity contribution >= 4 is 6.03 Å². The molecular weight excluding hydrogens is 130 g/mol. The smallest absolute Gasteiger partial charge is 0.315 e. The number of primary amides is 1. The van der Waals surface area contributed by atoms with Gasteiger partial charge in [-0.15, -0.1) is 0 Å². The third kappa shape index (κ3) is 1.21. The third-order valence-corrected chi connectivity index (χ3v) is 1.89. The molecule has 1 heterocycles. The van der Waals surface area contributed by atoms with Crippen molar-refractivity contribution in [2.75, 3.05) is 6.54 Å². The monoisotopic (exact) mass is 143 g/mol. The second kappa shape index (κ2) is 2.46. The molecule has 4 heteroatoms. The van der Waals surface area contributed by atoms with E-state index in [9.17, 15) is 4.79 Å². The SMILES string of the molecule is CC1CC(N)CN1C(N)=O. The quantitative estimate of drug-likeness (QED) is 0.479. The van der Waals surface area contributed by atoms with Gasteiger partial charge in [0.1, 0.15) is 0 Å². The van der Waals surface area contributed by atoms with Gasteiger partial charge in [0, 0.05) is 18.6 Å². The number of likely N-dealkylation sites (tertiary alicyclic amines) is 1. The van der Waals surface area contributed by atoms with E-state index in [1.54, 1.807) is 4.90 Å². The molecule has 0 aromatic rings. The zero-order valence-corrected chi connectivity index (χ0v) is 6.08. The normalized spacial score (nSPS) is 32.8. The number of carbonyl (C=O) groups is 1. The fourth-order valence-electron chi connectivity index (χ4n) is 1.38. The first-order valence-electron chi connectivity index (χ1n) is 3.43. The molecule has 1 saturated heterocycles. The van der Waals surface area contributed by atoms with Crippen LogP contribution in [0.25, 0.3) is 0 Å². The minimum Gasteiger partial charge on any atom is -0.351 e. The van der Waals surface area contributed by atoms with Gasteiger partial charge in [0.15, 0.2) is 0 Å². The summed E-state index contributed by atoms with van der Waals surface area (Å²) in [6.45, 7) is 2.56. The molecule has 0 spiro atoms. The summed E-state index contributed by atoms with van der Waals surface area (Å²) in [4.78, 5) is 12.3. The predicted octanol–water partition coefficient (Wildman–Crippen LogP) is -0.513. The predicted molar refractivity (Wildman–Crippen MR) is 38.3 cm³/mol. The van der Waals surface area contributed by atoms with E-state index in [4.69, 9.17) is 11.5 Å². The van der Waals surface area contributed by atoms with Crippen molar-refractivity contribution in [1.82, 2.24) is 4.90 Å². The molecule has 2 amide bonds. The van der Waals surface area contributed by atoms with Crippen LogP contribution in [0, 0.1) is 0 Å². The van der Waals surface area contributed by atoms with Crippen molar-refractivity contribution < 1.29 is 4.79 Å². The number of nitrogens with zero attached hydrogens (tertiary/aromatic N) is 1. The van der Waals surface area contributed by atoms with Gasteiger partial charge in [0.05, 0.1) is 0 Å². The number of hydrogen-bond acceptors (Lipinski definition) is 2. The Morgan fingerprint density at radius 3 is 2.50 bits per heavy atom. The van der Waals surface area contributed by atoms with E-state index in [0.29, 0.717) is 6.54 Å². The van der Waals surface area contributed by atoms with Crippen LogP contribution in [0.4, 0.5) is 4.79 Å². The number of urea groups is 1. The summed E-state index contributed by atoms with van der Waals surface area (Å²) in [7, 11) is 0. The molecule has 0 aliphatic carbocycles. The van der Waals surface area contributed by atoms with Crippen LogP contribution in [0.1, 0.15) is 13.3 Å². The minimum atomic E-state index is -0.361. The summed E-state index contributed by atoms with van der Waals surface area (Å²) in [6.07, 6.45) is 0.864. The number of carbonyl (C=O) groups excluding carboxylic acids is 1. The zero-order chi connectivity index (χ0) is 7.72. The highest BCUT2D eigenvalue weighted by Crippen LogP contribution is 2.14. The summed E-state index contributed by atoms with van der Waals surface area (Å²) in [5.74, 6) is 0. The van der Waals surface area contributed by atoms with Gasteiger partial charge in [-0.1, -0.05) is 0 Å². The zero-order valence-electron chi connectivity index (χ0n) is 6.08. The van der Waals surface area contributed by atoms with Crippen molar-refractivity contribution in [3.05, 3.63) is 0 Å².